The lowest BCUT2D eigenvalue weighted by molar-refractivity contribution is 0.450. The van der Waals surface area contributed by atoms with Crippen LogP contribution in [0.4, 0.5) is 5.69 Å². The van der Waals surface area contributed by atoms with Crippen LogP contribution in [0.25, 0.3) is 22.4 Å². The first-order valence-electron chi connectivity index (χ1n) is 10.4. The summed E-state index contributed by atoms with van der Waals surface area (Å²) in [7, 11) is 0. The van der Waals surface area contributed by atoms with E-state index < -0.39 is 0 Å². The van der Waals surface area contributed by atoms with Crippen molar-refractivity contribution >= 4 is 34.2 Å². The molecule has 0 saturated carbocycles. The molecule has 0 aliphatic carbocycles. The Kier molecular flexibility index (Phi) is 5.32. The van der Waals surface area contributed by atoms with Crippen molar-refractivity contribution in [1.29, 1.82) is 0 Å². The van der Waals surface area contributed by atoms with E-state index in [1.165, 1.54) is 29.7 Å². The Hall–Kier alpha value is -4.10. The first-order chi connectivity index (χ1) is 16.0. The van der Waals surface area contributed by atoms with Gasteiger partial charge in [-0.25, -0.2) is 9.67 Å². The van der Waals surface area contributed by atoms with Crippen LogP contribution >= 0.6 is 11.3 Å². The van der Waals surface area contributed by atoms with E-state index in [2.05, 4.69) is 5.10 Å². The molecular formula is C26H21N3O3S. The van der Waals surface area contributed by atoms with Gasteiger partial charge in [0.25, 0.3) is 0 Å². The number of aromatic nitrogens is 1. The van der Waals surface area contributed by atoms with Gasteiger partial charge in [-0.15, -0.1) is 11.3 Å². The van der Waals surface area contributed by atoms with Gasteiger partial charge >= 0.3 is 0 Å². The summed E-state index contributed by atoms with van der Waals surface area (Å²) in [6, 6.07) is 20.3. The molecule has 164 valence electrons. The normalized spacial score (nSPS) is 12.2. The van der Waals surface area contributed by atoms with Gasteiger partial charge in [0.05, 0.1) is 11.9 Å². The highest BCUT2D eigenvalue weighted by Crippen LogP contribution is 2.29. The largest absolute Gasteiger partial charge is 0.508 e. The third-order valence-corrected chi connectivity index (χ3v) is 6.15. The van der Waals surface area contributed by atoms with E-state index in [0.29, 0.717) is 16.1 Å². The molecule has 0 radical (unpaired) electrons. The van der Waals surface area contributed by atoms with Crippen LogP contribution in [0.5, 0.6) is 11.5 Å². The fourth-order valence-electron chi connectivity index (χ4n) is 3.61. The number of nitrogens with zero attached hydrogens (tertiary/aromatic N) is 3. The highest BCUT2D eigenvalue weighted by Gasteiger charge is 2.14. The highest BCUT2D eigenvalue weighted by molar-refractivity contribution is 7.07. The lowest BCUT2D eigenvalue weighted by Crippen LogP contribution is -2.11. The molecule has 33 heavy (non-hydrogen) atoms. The molecule has 0 aliphatic heterocycles. The van der Waals surface area contributed by atoms with E-state index in [0.717, 1.165) is 33.5 Å². The molecule has 6 nitrogen and oxygen atoms in total. The number of hydrogen-bond acceptors (Lipinski definition) is 6. The summed E-state index contributed by atoms with van der Waals surface area (Å²) in [5, 5.41) is 27.3. The first-order valence-corrected chi connectivity index (χ1v) is 11.2. The zero-order valence-electron chi connectivity index (χ0n) is 18.1. The van der Waals surface area contributed by atoms with Crippen molar-refractivity contribution < 1.29 is 14.6 Å². The van der Waals surface area contributed by atoms with Crippen LogP contribution in [0.15, 0.2) is 86.6 Å². The number of phenolic OH excluding ortho intramolecular Hbond substituents is 2. The predicted molar refractivity (Wildman–Crippen MR) is 131 cm³/mol. The van der Waals surface area contributed by atoms with Crippen molar-refractivity contribution in [2.75, 3.05) is 0 Å². The molecule has 0 bridgehead atoms. The van der Waals surface area contributed by atoms with Crippen LogP contribution in [-0.2, 0) is 0 Å². The van der Waals surface area contributed by atoms with Crippen LogP contribution in [0.2, 0.25) is 0 Å². The lowest BCUT2D eigenvalue weighted by Gasteiger charge is -2.05. The topological polar surface area (TPSA) is 83.2 Å². The predicted octanol–water partition coefficient (Wildman–Crippen LogP) is 6.11. The molecule has 0 saturated heterocycles. The van der Waals surface area contributed by atoms with E-state index in [9.17, 15) is 10.2 Å². The van der Waals surface area contributed by atoms with Gasteiger partial charge in [-0.2, -0.15) is 5.10 Å². The Morgan fingerprint density at radius 1 is 0.939 bits per heavy atom. The molecule has 3 aromatic carbocycles. The zero-order chi connectivity index (χ0) is 22.9. The number of aryl methyl sites for hydroxylation is 2. The number of rotatable bonds is 4. The maximum atomic E-state index is 10.2. The molecule has 2 N–H and O–H groups in total. The van der Waals surface area contributed by atoms with Crippen LogP contribution in [0, 0.1) is 13.8 Å². The highest BCUT2D eigenvalue weighted by atomic mass is 32.1. The van der Waals surface area contributed by atoms with Crippen LogP contribution in [-0.4, -0.2) is 21.1 Å². The van der Waals surface area contributed by atoms with Crippen molar-refractivity contribution in [3.63, 3.8) is 0 Å². The molecule has 0 atom stereocenters. The number of phenols is 2. The Morgan fingerprint density at radius 3 is 2.48 bits per heavy atom. The molecular weight excluding hydrogens is 434 g/mol. The fourth-order valence-corrected chi connectivity index (χ4v) is 4.43. The fraction of sp³-hybridized carbons (Fsp3) is 0.0769. The number of hydrogen-bond donors (Lipinski definition) is 2. The summed E-state index contributed by atoms with van der Waals surface area (Å²) in [4.78, 5) is 5.58. The zero-order valence-corrected chi connectivity index (χ0v) is 18.9. The Morgan fingerprint density at radius 2 is 1.73 bits per heavy atom. The Labute approximate surface area is 194 Å². The standard InChI is InChI=1S/C26H21N3O3S/c1-16-6-5-7-17(2)25(16)28-26-29(27-14-19-10-11-20(30)13-22(19)31)21(15-33-26)24-12-18-8-3-4-9-23(18)32-24/h3-15,30-31H,1-2H3. The third-order valence-electron chi connectivity index (χ3n) is 5.34. The summed E-state index contributed by atoms with van der Waals surface area (Å²) in [6.45, 7) is 4.06. The summed E-state index contributed by atoms with van der Waals surface area (Å²) >= 11 is 1.45. The van der Waals surface area contributed by atoms with Gasteiger partial charge in [0, 0.05) is 22.4 Å². The number of para-hydroxylation sites is 2. The minimum absolute atomic E-state index is 0.0125. The van der Waals surface area contributed by atoms with E-state index in [1.54, 1.807) is 10.7 Å². The summed E-state index contributed by atoms with van der Waals surface area (Å²) < 4.78 is 7.79. The number of aromatic hydroxyl groups is 2. The number of benzene rings is 3. The van der Waals surface area contributed by atoms with E-state index in [1.807, 2.05) is 67.8 Å². The monoisotopic (exact) mass is 455 g/mol. The maximum Gasteiger partial charge on any atom is 0.211 e. The molecule has 2 heterocycles. The molecule has 5 rings (SSSR count). The van der Waals surface area contributed by atoms with Crippen molar-refractivity contribution in [1.82, 2.24) is 4.68 Å². The molecule has 0 aliphatic rings. The quantitative estimate of drug-likeness (QED) is 0.321. The molecule has 0 amide bonds. The minimum Gasteiger partial charge on any atom is -0.508 e. The van der Waals surface area contributed by atoms with Gasteiger partial charge in [0.1, 0.15) is 22.8 Å². The van der Waals surface area contributed by atoms with Gasteiger partial charge in [-0.05, 0) is 49.2 Å². The summed E-state index contributed by atoms with van der Waals surface area (Å²) in [5.74, 6) is 0.595. The van der Waals surface area contributed by atoms with Gasteiger partial charge in [0.15, 0.2) is 5.76 Å². The van der Waals surface area contributed by atoms with Gasteiger partial charge in [-0.3, -0.25) is 0 Å². The van der Waals surface area contributed by atoms with Crippen molar-refractivity contribution in [3.8, 4) is 23.0 Å². The smallest absolute Gasteiger partial charge is 0.211 e. The second-order valence-electron chi connectivity index (χ2n) is 7.70. The number of thiazole rings is 1. The lowest BCUT2D eigenvalue weighted by atomic mass is 10.1. The molecule has 7 heteroatoms. The van der Waals surface area contributed by atoms with Crippen LogP contribution < -0.4 is 4.80 Å². The molecule has 0 fully saturated rings. The number of furan rings is 1. The molecule has 0 unspecified atom stereocenters. The van der Waals surface area contributed by atoms with Crippen molar-refractivity contribution in [2.24, 2.45) is 10.1 Å². The second kappa shape index (κ2) is 8.44. The Bertz CT molecular complexity index is 1520. The average Bonchev–Trinajstić information content (AvgIpc) is 3.39. The van der Waals surface area contributed by atoms with Crippen molar-refractivity contribution in [3.05, 3.63) is 93.6 Å². The molecule has 5 aromatic rings. The minimum atomic E-state index is -0.0619. The second-order valence-corrected chi connectivity index (χ2v) is 8.54. The summed E-state index contributed by atoms with van der Waals surface area (Å²) in [5.41, 5.74) is 5.04. The first kappa shape index (κ1) is 20.8. The van der Waals surface area contributed by atoms with E-state index in [-0.39, 0.29) is 11.5 Å². The molecule has 2 aromatic heterocycles. The third kappa shape index (κ3) is 4.06. The van der Waals surface area contributed by atoms with Gasteiger partial charge in [0.2, 0.25) is 4.80 Å². The van der Waals surface area contributed by atoms with E-state index in [4.69, 9.17) is 9.41 Å². The van der Waals surface area contributed by atoms with Gasteiger partial charge in [-0.1, -0.05) is 36.4 Å². The maximum absolute atomic E-state index is 10.2. The van der Waals surface area contributed by atoms with Gasteiger partial charge < -0.3 is 14.6 Å². The van der Waals surface area contributed by atoms with E-state index >= 15 is 0 Å². The van der Waals surface area contributed by atoms with Crippen LogP contribution in [0.1, 0.15) is 16.7 Å². The van der Waals surface area contributed by atoms with Crippen molar-refractivity contribution in [2.45, 2.75) is 13.8 Å². The Balaban J connectivity index is 1.70. The summed E-state index contributed by atoms with van der Waals surface area (Å²) in [6.07, 6.45) is 1.54. The van der Waals surface area contributed by atoms with Crippen LogP contribution in [0.3, 0.4) is 0 Å². The average molecular weight is 456 g/mol. The number of fused-ring (bicyclic) bond motifs is 1. The SMILES string of the molecule is Cc1cccc(C)c1N=c1scc(-c2cc3ccccc3o2)n1N=Cc1ccc(O)cc1O. The molecule has 0 spiro atoms.